The average molecular weight is 364 g/mol. The molecular formula is C17H18F2N4O3. The molecule has 0 spiro atoms. The molecule has 1 aromatic heterocycles. The van der Waals surface area contributed by atoms with Crippen LogP contribution in [0.3, 0.4) is 0 Å². The fourth-order valence-corrected chi connectivity index (χ4v) is 2.78. The van der Waals surface area contributed by atoms with Crippen molar-refractivity contribution in [3.63, 3.8) is 0 Å². The predicted octanol–water partition coefficient (Wildman–Crippen LogP) is 1.57. The Hall–Kier alpha value is -2.84. The number of amides is 2. The SMILES string of the molecule is Cc1nnc(CCC(=O)N2CCN(C(=O)c3ccc(F)c(F)c3)CC2)o1. The van der Waals surface area contributed by atoms with Crippen LogP contribution < -0.4 is 0 Å². The van der Waals surface area contributed by atoms with Gasteiger partial charge in [0, 0.05) is 51.5 Å². The highest BCUT2D eigenvalue weighted by atomic mass is 19.2. The van der Waals surface area contributed by atoms with Gasteiger partial charge >= 0.3 is 0 Å². The standard InChI is InChI=1S/C17H18F2N4O3/c1-11-20-21-15(26-11)4-5-16(24)22-6-8-23(9-7-22)17(25)12-2-3-13(18)14(19)10-12/h2-3,10H,4-9H2,1H3. The fraction of sp³-hybridized carbons (Fsp3) is 0.412. The first-order chi connectivity index (χ1) is 12.4. The van der Waals surface area contributed by atoms with Gasteiger partial charge in [0.15, 0.2) is 11.6 Å². The monoisotopic (exact) mass is 364 g/mol. The van der Waals surface area contributed by atoms with Gasteiger partial charge in [0.1, 0.15) is 0 Å². The largest absolute Gasteiger partial charge is 0.426 e. The summed E-state index contributed by atoms with van der Waals surface area (Å²) in [4.78, 5) is 27.8. The highest BCUT2D eigenvalue weighted by Gasteiger charge is 2.25. The summed E-state index contributed by atoms with van der Waals surface area (Å²) in [5.41, 5.74) is 0.0930. The smallest absolute Gasteiger partial charge is 0.254 e. The second-order valence-corrected chi connectivity index (χ2v) is 6.02. The quantitative estimate of drug-likeness (QED) is 0.823. The van der Waals surface area contributed by atoms with Gasteiger partial charge in [0.2, 0.25) is 17.7 Å². The van der Waals surface area contributed by atoms with E-state index in [1.807, 2.05) is 0 Å². The third kappa shape index (κ3) is 4.04. The van der Waals surface area contributed by atoms with Gasteiger partial charge in [-0.25, -0.2) is 8.78 Å². The predicted molar refractivity (Wildman–Crippen MR) is 86.2 cm³/mol. The number of aryl methyl sites for hydroxylation is 2. The van der Waals surface area contributed by atoms with Crippen LogP contribution in [-0.4, -0.2) is 58.0 Å². The number of piperazine rings is 1. The summed E-state index contributed by atoms with van der Waals surface area (Å²) in [6, 6.07) is 3.08. The maximum Gasteiger partial charge on any atom is 0.254 e. The molecule has 1 aliphatic rings. The average Bonchev–Trinajstić information content (AvgIpc) is 3.07. The summed E-state index contributed by atoms with van der Waals surface area (Å²) in [5, 5.41) is 7.56. The second kappa shape index (κ2) is 7.59. The number of carbonyl (C=O) groups excluding carboxylic acids is 2. The normalized spacial score (nSPS) is 14.6. The van der Waals surface area contributed by atoms with Crippen LogP contribution in [0.1, 0.15) is 28.6 Å². The van der Waals surface area contributed by atoms with E-state index in [0.29, 0.717) is 44.4 Å². The second-order valence-electron chi connectivity index (χ2n) is 6.02. The molecule has 138 valence electrons. The van der Waals surface area contributed by atoms with Crippen LogP contribution in [0.2, 0.25) is 0 Å². The van der Waals surface area contributed by atoms with Crippen molar-refractivity contribution in [1.29, 1.82) is 0 Å². The third-order valence-electron chi connectivity index (χ3n) is 4.21. The molecule has 7 nitrogen and oxygen atoms in total. The van der Waals surface area contributed by atoms with E-state index in [9.17, 15) is 18.4 Å². The van der Waals surface area contributed by atoms with Crippen LogP contribution in [0, 0.1) is 18.6 Å². The molecule has 0 saturated carbocycles. The van der Waals surface area contributed by atoms with Crippen molar-refractivity contribution in [2.45, 2.75) is 19.8 Å². The molecule has 0 N–H and O–H groups in total. The van der Waals surface area contributed by atoms with E-state index < -0.39 is 11.6 Å². The molecule has 0 unspecified atom stereocenters. The van der Waals surface area contributed by atoms with Crippen molar-refractivity contribution in [3.05, 3.63) is 47.2 Å². The molecule has 9 heteroatoms. The van der Waals surface area contributed by atoms with Crippen molar-refractivity contribution >= 4 is 11.8 Å². The van der Waals surface area contributed by atoms with Crippen molar-refractivity contribution in [3.8, 4) is 0 Å². The Labute approximate surface area is 148 Å². The van der Waals surface area contributed by atoms with Crippen LogP contribution in [0.25, 0.3) is 0 Å². The summed E-state index contributed by atoms with van der Waals surface area (Å²) in [6.07, 6.45) is 0.617. The van der Waals surface area contributed by atoms with E-state index in [1.165, 1.54) is 11.0 Å². The van der Waals surface area contributed by atoms with E-state index in [1.54, 1.807) is 11.8 Å². The van der Waals surface area contributed by atoms with E-state index in [0.717, 1.165) is 12.1 Å². The lowest BCUT2D eigenvalue weighted by Crippen LogP contribution is -2.50. The van der Waals surface area contributed by atoms with Gasteiger partial charge in [-0.2, -0.15) is 0 Å². The zero-order valence-corrected chi connectivity index (χ0v) is 14.2. The highest BCUT2D eigenvalue weighted by molar-refractivity contribution is 5.94. The first kappa shape index (κ1) is 18.0. The van der Waals surface area contributed by atoms with Crippen LogP contribution in [0.15, 0.2) is 22.6 Å². The Balaban J connectivity index is 1.50. The maximum atomic E-state index is 13.3. The molecule has 0 bridgehead atoms. The van der Waals surface area contributed by atoms with E-state index in [4.69, 9.17) is 4.42 Å². The van der Waals surface area contributed by atoms with Crippen LogP contribution >= 0.6 is 0 Å². The van der Waals surface area contributed by atoms with Gasteiger partial charge in [-0.15, -0.1) is 10.2 Å². The molecule has 1 fully saturated rings. The molecule has 1 aromatic carbocycles. The summed E-state index contributed by atoms with van der Waals surface area (Å²) < 4.78 is 31.5. The minimum Gasteiger partial charge on any atom is -0.426 e. The van der Waals surface area contributed by atoms with Gasteiger partial charge in [0.25, 0.3) is 5.91 Å². The Morgan fingerprint density at radius 2 is 1.77 bits per heavy atom. The number of nitrogens with zero attached hydrogens (tertiary/aromatic N) is 4. The first-order valence-electron chi connectivity index (χ1n) is 8.25. The molecule has 2 amide bonds. The number of aromatic nitrogens is 2. The molecule has 0 atom stereocenters. The van der Waals surface area contributed by atoms with Gasteiger partial charge < -0.3 is 14.2 Å². The highest BCUT2D eigenvalue weighted by Crippen LogP contribution is 2.14. The zero-order valence-electron chi connectivity index (χ0n) is 14.2. The minimum absolute atomic E-state index is 0.0548. The lowest BCUT2D eigenvalue weighted by molar-refractivity contribution is -0.132. The first-order valence-corrected chi connectivity index (χ1v) is 8.25. The fourth-order valence-electron chi connectivity index (χ4n) is 2.78. The molecule has 1 aliphatic heterocycles. The molecule has 0 radical (unpaired) electrons. The van der Waals surface area contributed by atoms with Gasteiger partial charge in [-0.3, -0.25) is 9.59 Å². The van der Waals surface area contributed by atoms with Crippen molar-refractivity contribution in [2.24, 2.45) is 0 Å². The third-order valence-corrected chi connectivity index (χ3v) is 4.21. The van der Waals surface area contributed by atoms with Crippen LogP contribution in [0.4, 0.5) is 8.78 Å². The van der Waals surface area contributed by atoms with E-state index in [-0.39, 0.29) is 23.8 Å². The number of rotatable bonds is 4. The summed E-state index contributed by atoms with van der Waals surface area (Å²) in [6.45, 7) is 3.13. The molecule has 1 saturated heterocycles. The maximum absolute atomic E-state index is 13.3. The Morgan fingerprint density at radius 3 is 2.38 bits per heavy atom. The van der Waals surface area contributed by atoms with Gasteiger partial charge in [0.05, 0.1) is 0 Å². The molecule has 0 aliphatic carbocycles. The van der Waals surface area contributed by atoms with E-state index >= 15 is 0 Å². The summed E-state index contributed by atoms with van der Waals surface area (Å²) in [5.74, 6) is -1.60. The Kier molecular flexibility index (Phi) is 5.24. The number of carbonyl (C=O) groups is 2. The number of benzene rings is 1. The molecule has 2 aromatic rings. The van der Waals surface area contributed by atoms with Crippen molar-refractivity contribution < 1.29 is 22.8 Å². The van der Waals surface area contributed by atoms with Crippen molar-refractivity contribution in [1.82, 2.24) is 20.0 Å². The van der Waals surface area contributed by atoms with Crippen molar-refractivity contribution in [2.75, 3.05) is 26.2 Å². The Morgan fingerprint density at radius 1 is 1.08 bits per heavy atom. The lowest BCUT2D eigenvalue weighted by Gasteiger charge is -2.34. The summed E-state index contributed by atoms with van der Waals surface area (Å²) in [7, 11) is 0. The number of hydrogen-bond donors (Lipinski definition) is 0. The molecule has 2 heterocycles. The molecule has 26 heavy (non-hydrogen) atoms. The number of hydrogen-bond acceptors (Lipinski definition) is 5. The topological polar surface area (TPSA) is 79.5 Å². The number of halogens is 2. The van der Waals surface area contributed by atoms with Gasteiger partial charge in [-0.1, -0.05) is 0 Å². The van der Waals surface area contributed by atoms with Gasteiger partial charge in [-0.05, 0) is 18.2 Å². The molecular weight excluding hydrogens is 346 g/mol. The summed E-state index contributed by atoms with van der Waals surface area (Å²) >= 11 is 0. The van der Waals surface area contributed by atoms with E-state index in [2.05, 4.69) is 10.2 Å². The van der Waals surface area contributed by atoms with Crippen LogP contribution in [0.5, 0.6) is 0 Å². The molecule has 3 rings (SSSR count). The zero-order chi connectivity index (χ0) is 18.7. The minimum atomic E-state index is -1.05. The Bertz CT molecular complexity index is 816. The lowest BCUT2D eigenvalue weighted by atomic mass is 10.1. The van der Waals surface area contributed by atoms with Crippen LogP contribution in [-0.2, 0) is 11.2 Å².